The second-order valence-electron chi connectivity index (χ2n) is 7.17. The van der Waals surface area contributed by atoms with Gasteiger partial charge in [0.15, 0.2) is 0 Å². The van der Waals surface area contributed by atoms with E-state index >= 15 is 0 Å². The average Bonchev–Trinajstić information content (AvgIpc) is 3.16. The molecule has 3 fully saturated rings. The van der Waals surface area contributed by atoms with E-state index in [2.05, 4.69) is 0 Å². The fourth-order valence-corrected chi connectivity index (χ4v) is 4.84. The fourth-order valence-electron chi connectivity index (χ4n) is 3.69. The molecule has 1 atom stereocenters. The van der Waals surface area contributed by atoms with Crippen LogP contribution in [0.1, 0.15) is 39.5 Å². The second-order valence-corrected chi connectivity index (χ2v) is 8.17. The highest BCUT2D eigenvalue weighted by molar-refractivity contribution is 7.99. The molecule has 0 unspecified atom stereocenters. The van der Waals surface area contributed by atoms with E-state index in [1.165, 1.54) is 0 Å². The van der Waals surface area contributed by atoms with Gasteiger partial charge in [-0.25, -0.2) is 0 Å². The molecule has 0 spiro atoms. The molecule has 2 heterocycles. The van der Waals surface area contributed by atoms with E-state index in [0.29, 0.717) is 25.6 Å². The minimum Gasteiger partial charge on any atom is -0.372 e. The Morgan fingerprint density at radius 3 is 2.59 bits per heavy atom. The van der Waals surface area contributed by atoms with Crippen LogP contribution in [0.2, 0.25) is 0 Å². The molecule has 1 aliphatic carbocycles. The van der Waals surface area contributed by atoms with Gasteiger partial charge in [0, 0.05) is 24.8 Å². The first-order valence-electron chi connectivity index (χ1n) is 8.29. The maximum Gasteiger partial charge on any atom is 0.246 e. The molecular weight excluding hydrogens is 300 g/mol. The Kier molecular flexibility index (Phi) is 4.69. The van der Waals surface area contributed by atoms with Gasteiger partial charge >= 0.3 is 0 Å². The van der Waals surface area contributed by atoms with Gasteiger partial charge in [0.25, 0.3) is 0 Å². The minimum absolute atomic E-state index is 0.104. The SMILES string of the molecule is CC1(C)CN(C(=O)[C@@H]2CSCN2C(=O)C2CCCC2)CCO1. The first-order chi connectivity index (χ1) is 10.5. The Bertz CT molecular complexity index is 449. The zero-order valence-electron chi connectivity index (χ0n) is 13.5. The van der Waals surface area contributed by atoms with Crippen LogP contribution in [0.3, 0.4) is 0 Å². The van der Waals surface area contributed by atoms with Crippen molar-refractivity contribution in [3.05, 3.63) is 0 Å². The number of ether oxygens (including phenoxy) is 1. The zero-order chi connectivity index (χ0) is 15.7. The van der Waals surface area contributed by atoms with Gasteiger partial charge in [-0.1, -0.05) is 12.8 Å². The topological polar surface area (TPSA) is 49.9 Å². The van der Waals surface area contributed by atoms with Crippen LogP contribution >= 0.6 is 11.8 Å². The van der Waals surface area contributed by atoms with Gasteiger partial charge in [0.2, 0.25) is 11.8 Å². The Labute approximate surface area is 136 Å². The molecule has 3 rings (SSSR count). The van der Waals surface area contributed by atoms with Crippen LogP contribution in [0.25, 0.3) is 0 Å². The number of rotatable bonds is 2. The van der Waals surface area contributed by atoms with Crippen molar-refractivity contribution in [1.29, 1.82) is 0 Å². The average molecular weight is 326 g/mol. The third kappa shape index (κ3) is 3.27. The van der Waals surface area contributed by atoms with Crippen molar-refractivity contribution in [1.82, 2.24) is 9.80 Å². The van der Waals surface area contributed by atoms with Gasteiger partial charge in [-0.15, -0.1) is 11.8 Å². The summed E-state index contributed by atoms with van der Waals surface area (Å²) in [6, 6.07) is -0.271. The standard InChI is InChI=1S/C16H26N2O3S/c1-16(2)10-17(7-8-21-16)15(20)13-9-22-11-18(13)14(19)12-5-3-4-6-12/h12-13H,3-11H2,1-2H3/t13-/m0/s1. The lowest BCUT2D eigenvalue weighted by Gasteiger charge is -2.40. The van der Waals surface area contributed by atoms with Gasteiger partial charge in [0.05, 0.1) is 18.1 Å². The lowest BCUT2D eigenvalue weighted by Crippen LogP contribution is -2.56. The monoisotopic (exact) mass is 326 g/mol. The summed E-state index contributed by atoms with van der Waals surface area (Å²) in [7, 11) is 0. The Morgan fingerprint density at radius 2 is 1.91 bits per heavy atom. The normalized spacial score (nSPS) is 29.1. The molecule has 0 aromatic heterocycles. The molecule has 0 bridgehead atoms. The van der Waals surface area contributed by atoms with Crippen LogP contribution in [-0.4, -0.2) is 64.6 Å². The molecule has 22 heavy (non-hydrogen) atoms. The minimum atomic E-state index is -0.292. The molecule has 0 N–H and O–H groups in total. The van der Waals surface area contributed by atoms with Crippen molar-refractivity contribution >= 4 is 23.6 Å². The first-order valence-corrected chi connectivity index (χ1v) is 9.44. The summed E-state index contributed by atoms with van der Waals surface area (Å²) in [5.74, 6) is 1.85. The number of morpholine rings is 1. The highest BCUT2D eigenvalue weighted by atomic mass is 32.2. The molecule has 6 heteroatoms. The maximum absolute atomic E-state index is 12.9. The van der Waals surface area contributed by atoms with Gasteiger partial charge in [0.1, 0.15) is 6.04 Å². The summed E-state index contributed by atoms with van der Waals surface area (Å²) in [6.07, 6.45) is 4.28. The molecule has 124 valence electrons. The summed E-state index contributed by atoms with van der Waals surface area (Å²) in [6.45, 7) is 5.84. The smallest absolute Gasteiger partial charge is 0.246 e. The van der Waals surface area contributed by atoms with Crippen LogP contribution < -0.4 is 0 Å². The number of thioether (sulfide) groups is 1. The van der Waals surface area contributed by atoms with E-state index in [9.17, 15) is 9.59 Å². The number of carbonyl (C=O) groups excluding carboxylic acids is 2. The fraction of sp³-hybridized carbons (Fsp3) is 0.875. The highest BCUT2D eigenvalue weighted by Crippen LogP contribution is 2.31. The number of hydrogen-bond acceptors (Lipinski definition) is 4. The van der Waals surface area contributed by atoms with Crippen molar-refractivity contribution in [2.45, 2.75) is 51.2 Å². The molecule has 0 aromatic rings. The van der Waals surface area contributed by atoms with Crippen LogP contribution in [0.4, 0.5) is 0 Å². The van der Waals surface area contributed by atoms with Crippen molar-refractivity contribution in [2.24, 2.45) is 5.92 Å². The van der Waals surface area contributed by atoms with Crippen molar-refractivity contribution in [2.75, 3.05) is 31.3 Å². The number of hydrogen-bond donors (Lipinski definition) is 0. The van der Waals surface area contributed by atoms with Crippen LogP contribution in [0.15, 0.2) is 0 Å². The van der Waals surface area contributed by atoms with Crippen LogP contribution in [-0.2, 0) is 14.3 Å². The summed E-state index contributed by atoms with van der Waals surface area (Å²) in [5.41, 5.74) is -0.292. The van der Waals surface area contributed by atoms with E-state index in [4.69, 9.17) is 4.74 Å². The number of nitrogens with zero attached hydrogens (tertiary/aromatic N) is 2. The molecule has 2 saturated heterocycles. The Balaban J connectivity index is 1.67. The van der Waals surface area contributed by atoms with Crippen molar-refractivity contribution in [3.8, 4) is 0 Å². The molecule has 0 aromatic carbocycles. The molecule has 1 saturated carbocycles. The van der Waals surface area contributed by atoms with Gasteiger partial charge < -0.3 is 14.5 Å². The van der Waals surface area contributed by atoms with Crippen molar-refractivity contribution in [3.63, 3.8) is 0 Å². The molecule has 2 aliphatic heterocycles. The predicted molar refractivity (Wildman–Crippen MR) is 86.5 cm³/mol. The largest absolute Gasteiger partial charge is 0.372 e. The molecular formula is C16H26N2O3S. The summed E-state index contributed by atoms with van der Waals surface area (Å²) >= 11 is 1.70. The summed E-state index contributed by atoms with van der Waals surface area (Å²) < 4.78 is 5.68. The van der Waals surface area contributed by atoms with E-state index in [1.807, 2.05) is 23.6 Å². The van der Waals surface area contributed by atoms with E-state index in [1.54, 1.807) is 11.8 Å². The summed E-state index contributed by atoms with van der Waals surface area (Å²) in [4.78, 5) is 29.3. The van der Waals surface area contributed by atoms with E-state index in [0.717, 1.165) is 31.4 Å². The third-order valence-electron chi connectivity index (χ3n) is 4.89. The van der Waals surface area contributed by atoms with Gasteiger partial charge in [-0.3, -0.25) is 9.59 Å². The second kappa shape index (κ2) is 6.40. The molecule has 3 aliphatic rings. The van der Waals surface area contributed by atoms with Gasteiger partial charge in [-0.05, 0) is 26.7 Å². The molecule has 5 nitrogen and oxygen atoms in total. The Morgan fingerprint density at radius 1 is 1.18 bits per heavy atom. The summed E-state index contributed by atoms with van der Waals surface area (Å²) in [5, 5.41) is 0. The highest BCUT2D eigenvalue weighted by Gasteiger charge is 2.41. The zero-order valence-corrected chi connectivity index (χ0v) is 14.4. The predicted octanol–water partition coefficient (Wildman–Crippen LogP) is 1.72. The van der Waals surface area contributed by atoms with E-state index < -0.39 is 0 Å². The quantitative estimate of drug-likeness (QED) is 0.775. The molecule has 0 radical (unpaired) electrons. The van der Waals surface area contributed by atoms with Crippen LogP contribution in [0.5, 0.6) is 0 Å². The van der Waals surface area contributed by atoms with Crippen LogP contribution in [0, 0.1) is 5.92 Å². The van der Waals surface area contributed by atoms with Crippen molar-refractivity contribution < 1.29 is 14.3 Å². The number of carbonyl (C=O) groups is 2. The molecule has 2 amide bonds. The number of amides is 2. The maximum atomic E-state index is 12.9. The lowest BCUT2D eigenvalue weighted by molar-refractivity contribution is -0.154. The Hall–Kier alpha value is -0.750. The first kappa shape index (κ1) is 16.1. The van der Waals surface area contributed by atoms with Gasteiger partial charge in [-0.2, -0.15) is 0 Å². The third-order valence-corrected chi connectivity index (χ3v) is 5.90. The lowest BCUT2D eigenvalue weighted by atomic mass is 10.0. The van der Waals surface area contributed by atoms with E-state index in [-0.39, 0.29) is 29.4 Å².